The lowest BCUT2D eigenvalue weighted by Gasteiger charge is -2.20. The number of aromatic amines is 1. The zero-order valence-electron chi connectivity index (χ0n) is 12.3. The van der Waals surface area contributed by atoms with E-state index in [1.807, 2.05) is 0 Å². The van der Waals surface area contributed by atoms with Crippen LogP contribution in [0, 0.1) is 0 Å². The van der Waals surface area contributed by atoms with Gasteiger partial charge in [0.25, 0.3) is 6.01 Å². The minimum Gasteiger partial charge on any atom is -0.480 e. The molecular formula is C10H14N5O9P. The van der Waals surface area contributed by atoms with E-state index in [4.69, 9.17) is 20.3 Å². The topological polar surface area (TPSA) is 226 Å². The summed E-state index contributed by atoms with van der Waals surface area (Å²) in [5.74, 6) is -0.196. The van der Waals surface area contributed by atoms with Crippen LogP contribution < -0.4 is 11.4 Å². The number of nitrogens with two attached hydrogens (primary N) is 1. The van der Waals surface area contributed by atoms with E-state index in [1.54, 1.807) is 0 Å². The van der Waals surface area contributed by atoms with Gasteiger partial charge in [-0.1, -0.05) is 0 Å². The summed E-state index contributed by atoms with van der Waals surface area (Å²) in [6, 6.07) is -0.731. The van der Waals surface area contributed by atoms with Gasteiger partial charge < -0.3 is 35.6 Å². The van der Waals surface area contributed by atoms with E-state index in [-0.39, 0.29) is 17.0 Å². The highest BCUT2D eigenvalue weighted by Gasteiger charge is 2.49. The molecule has 1 saturated heterocycles. The smallest absolute Gasteiger partial charge is 0.470 e. The number of phosphoric ester groups is 1. The molecule has 0 saturated carbocycles. The molecule has 0 radical (unpaired) electrons. The van der Waals surface area contributed by atoms with E-state index in [0.29, 0.717) is 0 Å². The van der Waals surface area contributed by atoms with Crippen LogP contribution in [0.1, 0.15) is 6.23 Å². The highest BCUT2D eigenvalue weighted by molar-refractivity contribution is 7.46. The van der Waals surface area contributed by atoms with Crippen molar-refractivity contribution >= 4 is 24.8 Å². The molecule has 0 unspecified atom stereocenters. The monoisotopic (exact) mass is 379 g/mol. The number of aromatic nitrogens is 4. The van der Waals surface area contributed by atoms with Gasteiger partial charge in [0.2, 0.25) is 0 Å². The number of imidazole rings is 1. The summed E-state index contributed by atoms with van der Waals surface area (Å²) in [6.45, 7) is -0.748. The molecule has 8 N–H and O–H groups in total. The number of nitrogen functional groups attached to an aromatic ring is 1. The van der Waals surface area contributed by atoms with Crippen molar-refractivity contribution in [2.45, 2.75) is 24.5 Å². The minimum atomic E-state index is -5.01. The van der Waals surface area contributed by atoms with Gasteiger partial charge in [-0.2, -0.15) is 9.97 Å². The molecule has 15 heteroatoms. The van der Waals surface area contributed by atoms with E-state index < -0.39 is 50.7 Å². The van der Waals surface area contributed by atoms with E-state index in [1.165, 1.54) is 0 Å². The van der Waals surface area contributed by atoms with E-state index in [9.17, 15) is 24.7 Å². The molecule has 25 heavy (non-hydrogen) atoms. The number of aliphatic hydroxyl groups excluding tert-OH is 2. The number of aliphatic hydroxyl groups is 2. The van der Waals surface area contributed by atoms with Crippen LogP contribution in [0.2, 0.25) is 0 Å². The lowest BCUT2D eigenvalue weighted by molar-refractivity contribution is -0.0536. The Morgan fingerprint density at radius 3 is 2.68 bits per heavy atom. The molecule has 3 rings (SSSR count). The van der Waals surface area contributed by atoms with Crippen LogP contribution in [-0.2, 0) is 13.8 Å². The molecule has 0 spiro atoms. The number of anilines is 1. The SMILES string of the molecule is Nc1[nH]c(=O)nc2c1nc(O)n2[C@@H]1O[C@H](CO)[C@@H](OP(=O)(O)O)[C@H]1O. The lowest BCUT2D eigenvalue weighted by Crippen LogP contribution is -2.35. The van der Waals surface area contributed by atoms with Gasteiger partial charge in [-0.3, -0.25) is 9.51 Å². The van der Waals surface area contributed by atoms with Crippen molar-refractivity contribution in [1.29, 1.82) is 0 Å². The number of fused-ring (bicyclic) bond motifs is 1. The predicted molar refractivity (Wildman–Crippen MR) is 78.1 cm³/mol. The highest BCUT2D eigenvalue weighted by atomic mass is 31.2. The maximum absolute atomic E-state index is 11.5. The van der Waals surface area contributed by atoms with Crippen molar-refractivity contribution < 1.29 is 38.9 Å². The second-order valence-electron chi connectivity index (χ2n) is 5.21. The zero-order valence-corrected chi connectivity index (χ0v) is 13.1. The fourth-order valence-corrected chi connectivity index (χ4v) is 3.18. The van der Waals surface area contributed by atoms with E-state index in [0.717, 1.165) is 4.57 Å². The number of rotatable bonds is 4. The van der Waals surface area contributed by atoms with Gasteiger partial charge in [-0.25, -0.2) is 13.9 Å². The number of nitrogens with zero attached hydrogens (tertiary/aromatic N) is 3. The van der Waals surface area contributed by atoms with Crippen LogP contribution in [0.4, 0.5) is 5.82 Å². The molecule has 1 aliphatic heterocycles. The first-order valence-electron chi connectivity index (χ1n) is 6.77. The summed E-state index contributed by atoms with van der Waals surface area (Å²) in [5, 5.41) is 29.6. The van der Waals surface area contributed by atoms with Gasteiger partial charge in [0.05, 0.1) is 6.61 Å². The second-order valence-corrected chi connectivity index (χ2v) is 6.40. The van der Waals surface area contributed by atoms with Crippen molar-refractivity contribution in [3.8, 4) is 6.01 Å². The molecule has 1 aliphatic rings. The van der Waals surface area contributed by atoms with Gasteiger partial charge in [0.1, 0.15) is 24.1 Å². The molecule has 0 bridgehead atoms. The van der Waals surface area contributed by atoms with Crippen molar-refractivity contribution in [1.82, 2.24) is 19.5 Å². The maximum atomic E-state index is 11.5. The first-order valence-corrected chi connectivity index (χ1v) is 8.30. The molecule has 1 fully saturated rings. The van der Waals surface area contributed by atoms with Crippen LogP contribution in [-0.4, -0.2) is 69.5 Å². The number of hydrogen-bond donors (Lipinski definition) is 7. The van der Waals surface area contributed by atoms with Crippen molar-refractivity contribution in [3.63, 3.8) is 0 Å². The normalized spacial score (nSPS) is 27.2. The standard InChI is InChI=1S/C10H14N5O9P/c11-6-3-7(14-9(18)13-6)15(10(19)12-3)8-4(17)5(2(1-16)23-8)24-25(20,21)22/h2,4-5,8,16-17H,1H2,(H,12,19)(H2,20,21,22)(H3,11,13,14,18)/t2-,4-,5-,8-/m1/s1. The molecule has 0 aromatic carbocycles. The Labute approximate surface area is 137 Å². The van der Waals surface area contributed by atoms with Gasteiger partial charge >= 0.3 is 13.5 Å². The first kappa shape index (κ1) is 17.8. The molecule has 2 aromatic rings. The van der Waals surface area contributed by atoms with Crippen LogP contribution in [0.3, 0.4) is 0 Å². The van der Waals surface area contributed by atoms with Gasteiger partial charge in [-0.15, -0.1) is 0 Å². The van der Waals surface area contributed by atoms with Crippen LogP contribution in [0.5, 0.6) is 6.01 Å². The van der Waals surface area contributed by atoms with Crippen molar-refractivity contribution in [2.24, 2.45) is 0 Å². The number of aromatic hydroxyl groups is 1. The molecule has 4 atom stereocenters. The fraction of sp³-hybridized carbons (Fsp3) is 0.500. The third-order valence-corrected chi connectivity index (χ3v) is 4.09. The number of ether oxygens (including phenoxy) is 1. The molecular weight excluding hydrogens is 365 g/mol. The van der Waals surface area contributed by atoms with Crippen molar-refractivity contribution in [3.05, 3.63) is 10.5 Å². The highest BCUT2D eigenvalue weighted by Crippen LogP contribution is 2.44. The zero-order chi connectivity index (χ0) is 18.5. The minimum absolute atomic E-state index is 0.0900. The van der Waals surface area contributed by atoms with Gasteiger partial charge in [0.15, 0.2) is 17.4 Å². The third-order valence-electron chi connectivity index (χ3n) is 3.57. The Morgan fingerprint density at radius 2 is 2.08 bits per heavy atom. The summed E-state index contributed by atoms with van der Waals surface area (Å²) in [6.07, 6.45) is -6.20. The van der Waals surface area contributed by atoms with E-state index in [2.05, 4.69) is 19.5 Å². The Balaban J connectivity index is 2.08. The number of H-pyrrole nitrogens is 1. The summed E-state index contributed by atoms with van der Waals surface area (Å²) in [4.78, 5) is 38.8. The lowest BCUT2D eigenvalue weighted by atomic mass is 10.1. The van der Waals surface area contributed by atoms with Crippen LogP contribution in [0.15, 0.2) is 4.79 Å². The molecule has 2 aromatic heterocycles. The van der Waals surface area contributed by atoms with Crippen molar-refractivity contribution in [2.75, 3.05) is 12.3 Å². The summed E-state index contributed by atoms with van der Waals surface area (Å²) in [7, 11) is -5.01. The van der Waals surface area contributed by atoms with Gasteiger partial charge in [-0.05, 0) is 0 Å². The van der Waals surface area contributed by atoms with Crippen LogP contribution in [0.25, 0.3) is 11.2 Å². The Bertz CT molecular complexity index is 906. The molecule has 0 amide bonds. The average Bonchev–Trinajstić information content (AvgIpc) is 2.96. The average molecular weight is 379 g/mol. The number of hydrogen-bond acceptors (Lipinski definition) is 10. The Morgan fingerprint density at radius 1 is 1.40 bits per heavy atom. The molecule has 138 valence electrons. The summed E-state index contributed by atoms with van der Waals surface area (Å²) < 4.78 is 21.6. The number of phosphoric acid groups is 1. The maximum Gasteiger partial charge on any atom is 0.470 e. The molecule has 14 nitrogen and oxygen atoms in total. The van der Waals surface area contributed by atoms with Crippen LogP contribution >= 0.6 is 7.82 Å². The second kappa shape index (κ2) is 6.03. The van der Waals surface area contributed by atoms with Gasteiger partial charge in [0, 0.05) is 0 Å². The first-order chi connectivity index (χ1) is 11.6. The summed E-state index contributed by atoms with van der Waals surface area (Å²) in [5.41, 5.74) is 4.39. The predicted octanol–water partition coefficient (Wildman–Crippen LogP) is -2.86. The molecule has 3 heterocycles. The number of nitrogens with one attached hydrogen (secondary N) is 1. The quantitative estimate of drug-likeness (QED) is 0.266. The Hall–Kier alpha value is -2.06. The molecule has 0 aliphatic carbocycles. The third kappa shape index (κ3) is 3.11. The summed E-state index contributed by atoms with van der Waals surface area (Å²) >= 11 is 0. The largest absolute Gasteiger partial charge is 0.480 e. The van der Waals surface area contributed by atoms with E-state index >= 15 is 0 Å². The fourth-order valence-electron chi connectivity index (χ4n) is 2.60. The Kier molecular flexibility index (Phi) is 4.28.